The number of nitrogens with one attached hydrogen (secondary N) is 1. The van der Waals surface area contributed by atoms with Crippen molar-refractivity contribution in [3.05, 3.63) is 29.3 Å². The minimum atomic E-state index is -0.0837. The number of hydrogen-bond donors (Lipinski definition) is 1. The van der Waals surface area contributed by atoms with Crippen molar-refractivity contribution >= 4 is 22.9 Å². The van der Waals surface area contributed by atoms with E-state index < -0.39 is 0 Å². The molecule has 0 aliphatic rings. The second-order valence-electron chi connectivity index (χ2n) is 4.98. The molecule has 0 unspecified atom stereocenters. The number of aromatic nitrogens is 2. The Morgan fingerprint density at radius 1 is 1.33 bits per heavy atom. The van der Waals surface area contributed by atoms with Crippen LogP contribution in [0.5, 0.6) is 10.9 Å². The van der Waals surface area contributed by atoms with Gasteiger partial charge in [-0.25, -0.2) is 0 Å². The van der Waals surface area contributed by atoms with Crippen LogP contribution in [0, 0.1) is 0 Å². The molecule has 2 aromatic rings. The number of nitrogens with zero attached hydrogens (tertiary/aromatic N) is 3. The van der Waals surface area contributed by atoms with E-state index in [4.69, 9.17) is 9.47 Å². The predicted molar refractivity (Wildman–Crippen MR) is 93.7 cm³/mol. The van der Waals surface area contributed by atoms with Gasteiger partial charge in [0.2, 0.25) is 5.91 Å². The normalized spacial score (nSPS) is 10.7. The zero-order valence-corrected chi connectivity index (χ0v) is 14.9. The average Bonchev–Trinajstić information content (AvgIpc) is 3.01. The number of carbonyl (C=O) groups is 1. The number of likely N-dealkylation sites (N-methyl/N-ethyl adjacent to an activating group) is 1. The molecular formula is C16H22N4O3S. The summed E-state index contributed by atoms with van der Waals surface area (Å²) in [5.74, 6) is 0.622. The van der Waals surface area contributed by atoms with Crippen LogP contribution in [0.2, 0.25) is 0 Å². The fraction of sp³-hybridized carbons (Fsp3) is 0.438. The summed E-state index contributed by atoms with van der Waals surface area (Å²) in [5.41, 5.74) is 0.713. The third kappa shape index (κ3) is 5.47. The molecule has 0 aliphatic carbocycles. The number of ether oxygens (including phenoxy) is 2. The fourth-order valence-electron chi connectivity index (χ4n) is 2.06. The van der Waals surface area contributed by atoms with Crippen molar-refractivity contribution in [1.29, 1.82) is 0 Å². The van der Waals surface area contributed by atoms with Gasteiger partial charge in [0.1, 0.15) is 10.8 Å². The molecule has 0 saturated heterocycles. The summed E-state index contributed by atoms with van der Waals surface area (Å²) in [6.45, 7) is 6.04. The molecule has 8 heteroatoms. The van der Waals surface area contributed by atoms with E-state index in [2.05, 4.69) is 15.5 Å². The highest BCUT2D eigenvalue weighted by atomic mass is 32.1. The van der Waals surface area contributed by atoms with Crippen molar-refractivity contribution in [2.75, 3.05) is 32.1 Å². The summed E-state index contributed by atoms with van der Waals surface area (Å²) in [7, 11) is 1.60. The van der Waals surface area contributed by atoms with Gasteiger partial charge in [0.05, 0.1) is 26.8 Å². The summed E-state index contributed by atoms with van der Waals surface area (Å²) in [5, 5.41) is 12.3. The Balaban J connectivity index is 1.89. The van der Waals surface area contributed by atoms with Gasteiger partial charge >= 0.3 is 0 Å². The van der Waals surface area contributed by atoms with Gasteiger partial charge in [-0.15, -0.1) is 10.2 Å². The molecule has 2 rings (SSSR count). The van der Waals surface area contributed by atoms with Crippen molar-refractivity contribution in [3.8, 4) is 10.9 Å². The van der Waals surface area contributed by atoms with E-state index in [1.54, 1.807) is 13.2 Å². The van der Waals surface area contributed by atoms with Crippen LogP contribution >= 0.6 is 11.3 Å². The highest BCUT2D eigenvalue weighted by molar-refractivity contribution is 7.13. The Bertz CT molecular complexity index is 662. The lowest BCUT2D eigenvalue weighted by Gasteiger charge is -2.18. The second-order valence-corrected chi connectivity index (χ2v) is 6.00. The lowest BCUT2D eigenvalue weighted by molar-refractivity contribution is -0.117. The quantitative estimate of drug-likeness (QED) is 0.748. The molecule has 0 aliphatic heterocycles. The summed E-state index contributed by atoms with van der Waals surface area (Å²) in [6, 6.07) is 7.28. The topological polar surface area (TPSA) is 76.6 Å². The molecular weight excluding hydrogens is 328 g/mol. The molecule has 1 aromatic heterocycles. The Morgan fingerprint density at radius 2 is 2.17 bits per heavy atom. The van der Waals surface area contributed by atoms with Crippen LogP contribution in [0.1, 0.15) is 18.9 Å². The highest BCUT2D eigenvalue weighted by Gasteiger charge is 2.13. The first-order valence-corrected chi connectivity index (χ1v) is 8.57. The first kappa shape index (κ1) is 18.2. The SMILES string of the molecule is CCOc1nnc(CN(CC)CC(=O)Nc2cccc(OC)c2)s1. The molecule has 1 amide bonds. The van der Waals surface area contributed by atoms with Crippen LogP contribution in [0.3, 0.4) is 0 Å². The van der Waals surface area contributed by atoms with Crippen molar-refractivity contribution < 1.29 is 14.3 Å². The summed E-state index contributed by atoms with van der Waals surface area (Å²) < 4.78 is 10.5. The largest absolute Gasteiger partial charge is 0.497 e. The van der Waals surface area contributed by atoms with Crippen molar-refractivity contribution in [3.63, 3.8) is 0 Å². The molecule has 0 saturated carbocycles. The van der Waals surface area contributed by atoms with Gasteiger partial charge in [-0.1, -0.05) is 24.3 Å². The number of methoxy groups -OCH3 is 1. The number of anilines is 1. The molecule has 1 heterocycles. The molecule has 130 valence electrons. The molecule has 1 aromatic carbocycles. The van der Waals surface area contributed by atoms with E-state index in [9.17, 15) is 4.79 Å². The maximum atomic E-state index is 12.2. The van der Waals surface area contributed by atoms with E-state index >= 15 is 0 Å². The van der Waals surface area contributed by atoms with Gasteiger partial charge in [0.15, 0.2) is 0 Å². The maximum Gasteiger partial charge on any atom is 0.294 e. The predicted octanol–water partition coefficient (Wildman–Crippen LogP) is 2.41. The Hall–Kier alpha value is -2.19. The Labute approximate surface area is 145 Å². The first-order valence-electron chi connectivity index (χ1n) is 7.76. The van der Waals surface area contributed by atoms with E-state index in [0.29, 0.717) is 29.8 Å². The monoisotopic (exact) mass is 350 g/mol. The molecule has 0 spiro atoms. The number of carbonyl (C=O) groups excluding carboxylic acids is 1. The highest BCUT2D eigenvalue weighted by Crippen LogP contribution is 2.19. The fourth-order valence-corrected chi connectivity index (χ4v) is 2.85. The van der Waals surface area contributed by atoms with Gasteiger partial charge in [0.25, 0.3) is 5.19 Å². The summed E-state index contributed by atoms with van der Waals surface area (Å²) >= 11 is 1.40. The van der Waals surface area contributed by atoms with Crippen molar-refractivity contribution in [2.45, 2.75) is 20.4 Å². The van der Waals surface area contributed by atoms with E-state index in [1.807, 2.05) is 36.9 Å². The van der Waals surface area contributed by atoms with Crippen LogP contribution in [0.4, 0.5) is 5.69 Å². The van der Waals surface area contributed by atoms with E-state index in [1.165, 1.54) is 11.3 Å². The summed E-state index contributed by atoms with van der Waals surface area (Å²) in [6.07, 6.45) is 0. The lowest BCUT2D eigenvalue weighted by atomic mass is 10.3. The molecule has 0 bridgehead atoms. The third-order valence-electron chi connectivity index (χ3n) is 3.24. The average molecular weight is 350 g/mol. The number of amides is 1. The third-order valence-corrected chi connectivity index (χ3v) is 4.06. The number of benzene rings is 1. The molecule has 24 heavy (non-hydrogen) atoms. The summed E-state index contributed by atoms with van der Waals surface area (Å²) in [4.78, 5) is 14.2. The van der Waals surface area contributed by atoms with E-state index in [-0.39, 0.29) is 12.5 Å². The van der Waals surface area contributed by atoms with Crippen molar-refractivity contribution in [2.24, 2.45) is 0 Å². The molecule has 0 radical (unpaired) electrons. The zero-order chi connectivity index (χ0) is 17.4. The van der Waals surface area contributed by atoms with Crippen LogP contribution in [0.25, 0.3) is 0 Å². The lowest BCUT2D eigenvalue weighted by Crippen LogP contribution is -2.32. The van der Waals surface area contributed by atoms with E-state index in [0.717, 1.165) is 11.6 Å². The number of hydrogen-bond acceptors (Lipinski definition) is 7. The Morgan fingerprint density at radius 3 is 2.88 bits per heavy atom. The van der Waals surface area contributed by atoms with Crippen LogP contribution in [0.15, 0.2) is 24.3 Å². The van der Waals surface area contributed by atoms with Gasteiger partial charge in [0, 0.05) is 11.8 Å². The Kier molecular flexibility index (Phi) is 6.95. The maximum absolute atomic E-state index is 12.2. The van der Waals surface area contributed by atoms with Gasteiger partial charge < -0.3 is 14.8 Å². The van der Waals surface area contributed by atoms with Crippen LogP contribution in [-0.2, 0) is 11.3 Å². The van der Waals surface area contributed by atoms with Crippen molar-refractivity contribution in [1.82, 2.24) is 15.1 Å². The van der Waals surface area contributed by atoms with Crippen LogP contribution in [-0.4, -0.2) is 47.8 Å². The van der Waals surface area contributed by atoms with Gasteiger partial charge in [-0.3, -0.25) is 9.69 Å². The van der Waals surface area contributed by atoms with Crippen LogP contribution < -0.4 is 14.8 Å². The molecule has 1 N–H and O–H groups in total. The molecule has 0 fully saturated rings. The minimum absolute atomic E-state index is 0.0837. The molecule has 0 atom stereocenters. The second kappa shape index (κ2) is 9.19. The zero-order valence-electron chi connectivity index (χ0n) is 14.1. The minimum Gasteiger partial charge on any atom is -0.497 e. The standard InChI is InChI=1S/C16H22N4O3S/c1-4-20(11-15-18-19-16(24-15)23-5-2)10-14(21)17-12-7-6-8-13(9-12)22-3/h6-9H,4-5,10-11H2,1-3H3,(H,17,21). The van der Waals surface area contributed by atoms with Gasteiger partial charge in [-0.2, -0.15) is 0 Å². The smallest absolute Gasteiger partial charge is 0.294 e. The first-order chi connectivity index (χ1) is 11.6. The molecule has 7 nitrogen and oxygen atoms in total. The number of rotatable bonds is 9. The van der Waals surface area contributed by atoms with Gasteiger partial charge in [-0.05, 0) is 25.6 Å².